The third kappa shape index (κ3) is 2.98. The second-order valence-corrected chi connectivity index (χ2v) is 4.58. The zero-order valence-electron chi connectivity index (χ0n) is 10.7. The Morgan fingerprint density at radius 1 is 1.61 bits per heavy atom. The van der Waals surface area contributed by atoms with Crippen molar-refractivity contribution in [1.29, 1.82) is 0 Å². The number of anilines is 1. The second kappa shape index (κ2) is 6.13. The van der Waals surface area contributed by atoms with Crippen LogP contribution in [0.4, 0.5) is 5.69 Å². The number of aromatic nitrogens is 1. The Labute approximate surface area is 108 Å². The molecule has 0 radical (unpaired) electrons. The lowest BCUT2D eigenvalue weighted by molar-refractivity contribution is 0.00355. The summed E-state index contributed by atoms with van der Waals surface area (Å²) in [5, 5.41) is 9.12. The van der Waals surface area contributed by atoms with Crippen molar-refractivity contribution in [3.8, 4) is 0 Å². The van der Waals surface area contributed by atoms with Crippen molar-refractivity contribution in [1.82, 2.24) is 4.98 Å². The highest BCUT2D eigenvalue weighted by atomic mass is 16.5. The highest BCUT2D eigenvalue weighted by molar-refractivity contribution is 5.45. The maximum Gasteiger partial charge on any atom is 0.0980 e. The number of hydrogen-bond acceptors (Lipinski definition) is 5. The van der Waals surface area contributed by atoms with Gasteiger partial charge in [0.05, 0.1) is 36.9 Å². The van der Waals surface area contributed by atoms with Crippen molar-refractivity contribution in [2.24, 2.45) is 5.73 Å². The summed E-state index contributed by atoms with van der Waals surface area (Å²) in [5.74, 6) is 0. The van der Waals surface area contributed by atoms with Gasteiger partial charge in [0.25, 0.3) is 0 Å². The lowest BCUT2D eigenvalue weighted by atomic mass is 10.1. The predicted octanol–water partition coefficient (Wildman–Crippen LogP) is 0.689. The van der Waals surface area contributed by atoms with Gasteiger partial charge in [0.1, 0.15) is 0 Å². The number of aliphatic hydroxyl groups is 1. The summed E-state index contributed by atoms with van der Waals surface area (Å²) in [7, 11) is 0. The Kier molecular flexibility index (Phi) is 4.52. The van der Waals surface area contributed by atoms with E-state index >= 15 is 0 Å². The standard InChI is InChI=1S/C13H21N3O2/c1-2-12(14)13-4-3-10(7-15-13)16-5-6-18-11(8-16)9-17/h3-4,7,11-12,17H,2,5-6,8-9,14H2,1H3/t11?,12-/m1/s1. The molecule has 2 rings (SSSR count). The molecule has 5 heteroatoms. The number of rotatable bonds is 4. The lowest BCUT2D eigenvalue weighted by Gasteiger charge is -2.33. The maximum absolute atomic E-state index is 9.12. The molecule has 0 aliphatic carbocycles. The fourth-order valence-electron chi connectivity index (χ4n) is 2.08. The molecule has 5 nitrogen and oxygen atoms in total. The molecule has 0 saturated carbocycles. The van der Waals surface area contributed by atoms with Crippen LogP contribution < -0.4 is 10.6 Å². The van der Waals surface area contributed by atoms with Crippen LogP contribution in [0.2, 0.25) is 0 Å². The molecule has 0 aromatic carbocycles. The molecule has 2 atom stereocenters. The molecule has 1 unspecified atom stereocenters. The summed E-state index contributed by atoms with van der Waals surface area (Å²) in [5.41, 5.74) is 7.92. The van der Waals surface area contributed by atoms with Crippen LogP contribution in [0.1, 0.15) is 25.1 Å². The zero-order valence-corrected chi connectivity index (χ0v) is 10.7. The van der Waals surface area contributed by atoms with Crippen LogP contribution in [-0.2, 0) is 4.74 Å². The van der Waals surface area contributed by atoms with Crippen molar-refractivity contribution in [2.45, 2.75) is 25.5 Å². The molecular formula is C13H21N3O2. The van der Waals surface area contributed by atoms with Crippen molar-refractivity contribution >= 4 is 5.69 Å². The van der Waals surface area contributed by atoms with Gasteiger partial charge in [-0.25, -0.2) is 0 Å². The van der Waals surface area contributed by atoms with Gasteiger partial charge in [-0.15, -0.1) is 0 Å². The zero-order chi connectivity index (χ0) is 13.0. The van der Waals surface area contributed by atoms with Gasteiger partial charge in [0, 0.05) is 19.1 Å². The summed E-state index contributed by atoms with van der Waals surface area (Å²) in [6.45, 7) is 4.28. The van der Waals surface area contributed by atoms with Gasteiger partial charge >= 0.3 is 0 Å². The molecule has 2 heterocycles. The van der Waals surface area contributed by atoms with Gasteiger partial charge in [-0.3, -0.25) is 4.98 Å². The van der Waals surface area contributed by atoms with Crippen molar-refractivity contribution in [3.05, 3.63) is 24.0 Å². The molecular weight excluding hydrogens is 230 g/mol. The molecule has 0 amide bonds. The van der Waals surface area contributed by atoms with E-state index in [2.05, 4.69) is 9.88 Å². The first-order valence-electron chi connectivity index (χ1n) is 6.43. The fourth-order valence-corrected chi connectivity index (χ4v) is 2.08. The van der Waals surface area contributed by atoms with Gasteiger partial charge in [0.15, 0.2) is 0 Å². The van der Waals surface area contributed by atoms with Crippen LogP contribution in [0.15, 0.2) is 18.3 Å². The number of pyridine rings is 1. The average molecular weight is 251 g/mol. The van der Waals surface area contributed by atoms with Gasteiger partial charge in [0.2, 0.25) is 0 Å². The Morgan fingerprint density at radius 3 is 3.06 bits per heavy atom. The number of hydrogen-bond donors (Lipinski definition) is 2. The molecule has 1 aliphatic heterocycles. The van der Waals surface area contributed by atoms with Crippen LogP contribution in [0, 0.1) is 0 Å². The van der Waals surface area contributed by atoms with Crippen molar-refractivity contribution < 1.29 is 9.84 Å². The minimum Gasteiger partial charge on any atom is -0.394 e. The van der Waals surface area contributed by atoms with Gasteiger partial charge < -0.3 is 20.5 Å². The normalized spacial score (nSPS) is 21.9. The first-order chi connectivity index (χ1) is 8.74. The van der Waals surface area contributed by atoms with E-state index in [0.717, 1.165) is 24.3 Å². The van der Waals surface area contributed by atoms with E-state index in [4.69, 9.17) is 15.6 Å². The number of ether oxygens (including phenoxy) is 1. The van der Waals surface area contributed by atoms with Crippen LogP contribution in [-0.4, -0.2) is 42.5 Å². The van der Waals surface area contributed by atoms with Gasteiger partial charge in [-0.1, -0.05) is 6.92 Å². The Morgan fingerprint density at radius 2 is 2.44 bits per heavy atom. The molecule has 0 bridgehead atoms. The fraction of sp³-hybridized carbons (Fsp3) is 0.615. The Hall–Kier alpha value is -1.17. The summed E-state index contributed by atoms with van der Waals surface area (Å²) in [6, 6.07) is 4.03. The van der Waals surface area contributed by atoms with Crippen molar-refractivity contribution in [3.63, 3.8) is 0 Å². The summed E-state index contributed by atoms with van der Waals surface area (Å²) in [4.78, 5) is 6.58. The number of nitrogens with zero attached hydrogens (tertiary/aromatic N) is 2. The van der Waals surface area contributed by atoms with E-state index in [9.17, 15) is 0 Å². The smallest absolute Gasteiger partial charge is 0.0980 e. The predicted molar refractivity (Wildman–Crippen MR) is 70.5 cm³/mol. The SMILES string of the molecule is CC[C@@H](N)c1ccc(N2CCOC(CO)C2)cn1. The van der Waals surface area contributed by atoms with Crippen LogP contribution >= 0.6 is 0 Å². The monoisotopic (exact) mass is 251 g/mol. The quantitative estimate of drug-likeness (QED) is 0.823. The van der Waals surface area contributed by atoms with Gasteiger partial charge in [-0.05, 0) is 18.6 Å². The Balaban J connectivity index is 2.04. The number of nitrogens with two attached hydrogens (primary N) is 1. The first-order valence-corrected chi connectivity index (χ1v) is 6.43. The molecule has 1 aromatic heterocycles. The van der Waals surface area contributed by atoms with E-state index in [-0.39, 0.29) is 18.8 Å². The highest BCUT2D eigenvalue weighted by Crippen LogP contribution is 2.19. The highest BCUT2D eigenvalue weighted by Gasteiger charge is 2.20. The van der Waals surface area contributed by atoms with Crippen molar-refractivity contribution in [2.75, 3.05) is 31.2 Å². The van der Waals surface area contributed by atoms with E-state index in [1.165, 1.54) is 0 Å². The molecule has 100 valence electrons. The average Bonchev–Trinajstić information content (AvgIpc) is 2.46. The third-order valence-corrected chi connectivity index (χ3v) is 3.30. The topological polar surface area (TPSA) is 71.6 Å². The van der Waals surface area contributed by atoms with E-state index in [0.29, 0.717) is 13.2 Å². The van der Waals surface area contributed by atoms with E-state index in [1.807, 2.05) is 25.3 Å². The molecule has 1 saturated heterocycles. The number of morpholine rings is 1. The van der Waals surface area contributed by atoms with E-state index < -0.39 is 0 Å². The molecule has 1 aliphatic rings. The Bertz CT molecular complexity index is 369. The minimum absolute atomic E-state index is 0.00827. The van der Waals surface area contributed by atoms with Crippen LogP contribution in [0.5, 0.6) is 0 Å². The minimum atomic E-state index is -0.101. The summed E-state index contributed by atoms with van der Waals surface area (Å²) < 4.78 is 5.43. The maximum atomic E-state index is 9.12. The largest absolute Gasteiger partial charge is 0.394 e. The molecule has 0 spiro atoms. The van der Waals surface area contributed by atoms with E-state index in [1.54, 1.807) is 0 Å². The first kappa shape index (κ1) is 13.3. The van der Waals surface area contributed by atoms with Crippen LogP contribution in [0.3, 0.4) is 0 Å². The molecule has 1 fully saturated rings. The van der Waals surface area contributed by atoms with Gasteiger partial charge in [-0.2, -0.15) is 0 Å². The molecule has 3 N–H and O–H groups in total. The molecule has 18 heavy (non-hydrogen) atoms. The number of aliphatic hydroxyl groups excluding tert-OH is 1. The third-order valence-electron chi connectivity index (χ3n) is 3.30. The summed E-state index contributed by atoms with van der Waals surface area (Å²) in [6.07, 6.45) is 2.64. The van der Waals surface area contributed by atoms with Crippen LogP contribution in [0.25, 0.3) is 0 Å². The molecule has 1 aromatic rings. The lowest BCUT2D eigenvalue weighted by Crippen LogP contribution is -2.44. The summed E-state index contributed by atoms with van der Waals surface area (Å²) >= 11 is 0. The second-order valence-electron chi connectivity index (χ2n) is 4.58.